The molecule has 8 heteroatoms. The van der Waals surface area contributed by atoms with E-state index in [4.69, 9.17) is 9.84 Å². The molecule has 20 heavy (non-hydrogen) atoms. The van der Waals surface area contributed by atoms with Gasteiger partial charge in [0, 0.05) is 18.1 Å². The van der Waals surface area contributed by atoms with Crippen LogP contribution in [-0.2, 0) is 6.61 Å². The van der Waals surface area contributed by atoms with Crippen molar-refractivity contribution in [3.8, 4) is 5.75 Å². The second-order valence-corrected chi connectivity index (χ2v) is 3.92. The van der Waals surface area contributed by atoms with Gasteiger partial charge >= 0.3 is 12.5 Å². The first-order chi connectivity index (χ1) is 9.49. The number of carboxylic acids is 1. The zero-order valence-corrected chi connectivity index (χ0v) is 10.5. The van der Waals surface area contributed by atoms with Crippen LogP contribution in [0.4, 0.5) is 8.78 Å². The van der Waals surface area contributed by atoms with Crippen LogP contribution in [0.3, 0.4) is 0 Å². The van der Waals surface area contributed by atoms with E-state index in [9.17, 15) is 13.6 Å². The van der Waals surface area contributed by atoms with E-state index >= 15 is 0 Å². The highest BCUT2D eigenvalue weighted by atomic mass is 19.3. The third kappa shape index (κ3) is 2.90. The fourth-order valence-electron chi connectivity index (χ4n) is 1.59. The summed E-state index contributed by atoms with van der Waals surface area (Å²) in [6.07, 6.45) is 2.34. The van der Waals surface area contributed by atoms with Crippen molar-refractivity contribution in [2.75, 3.05) is 0 Å². The molecule has 0 fully saturated rings. The number of nitrogens with zero attached hydrogens (tertiary/aromatic N) is 3. The molecule has 2 heterocycles. The number of pyridine rings is 1. The highest BCUT2D eigenvalue weighted by Crippen LogP contribution is 2.19. The maximum absolute atomic E-state index is 12.6. The van der Waals surface area contributed by atoms with E-state index < -0.39 is 12.5 Å². The van der Waals surface area contributed by atoms with Gasteiger partial charge in [-0.05, 0) is 19.1 Å². The summed E-state index contributed by atoms with van der Waals surface area (Å²) in [5, 5.41) is 9.01. The van der Waals surface area contributed by atoms with E-state index in [1.54, 1.807) is 13.0 Å². The Bertz CT molecular complexity index is 628. The van der Waals surface area contributed by atoms with Crippen molar-refractivity contribution >= 4 is 5.97 Å². The molecule has 1 N–H and O–H groups in total. The molecule has 6 nitrogen and oxygen atoms in total. The lowest BCUT2D eigenvalue weighted by Crippen LogP contribution is -2.10. The summed E-state index contributed by atoms with van der Waals surface area (Å²) in [4.78, 5) is 18.6. The molecule has 2 aromatic heterocycles. The molecule has 106 valence electrons. The first-order valence-corrected chi connectivity index (χ1v) is 5.62. The molecule has 0 bridgehead atoms. The third-order valence-corrected chi connectivity index (χ3v) is 2.52. The first kappa shape index (κ1) is 13.9. The van der Waals surface area contributed by atoms with Crippen LogP contribution in [-0.4, -0.2) is 25.6 Å². The minimum atomic E-state index is -2.73. The molecule has 0 spiro atoms. The van der Waals surface area contributed by atoms with Crippen molar-refractivity contribution in [3.63, 3.8) is 0 Å². The number of rotatable bonds is 5. The second kappa shape index (κ2) is 5.64. The minimum absolute atomic E-state index is 0.00286. The predicted molar refractivity (Wildman–Crippen MR) is 63.7 cm³/mol. The molecule has 0 aliphatic carbocycles. The molecule has 0 aromatic carbocycles. The van der Waals surface area contributed by atoms with Crippen LogP contribution in [0.25, 0.3) is 0 Å². The number of aromatic carboxylic acids is 1. The summed E-state index contributed by atoms with van der Waals surface area (Å²) in [6.45, 7) is -1.37. The van der Waals surface area contributed by atoms with Crippen LogP contribution in [0, 0.1) is 6.92 Å². The van der Waals surface area contributed by atoms with Gasteiger partial charge in [0.15, 0.2) is 17.3 Å². The number of aryl methyl sites for hydroxylation is 1. The van der Waals surface area contributed by atoms with E-state index in [1.165, 1.54) is 12.3 Å². The van der Waals surface area contributed by atoms with Gasteiger partial charge in [-0.1, -0.05) is 0 Å². The van der Waals surface area contributed by atoms with Gasteiger partial charge in [0.05, 0.1) is 0 Å². The zero-order valence-electron chi connectivity index (χ0n) is 10.5. The number of aromatic nitrogens is 3. The lowest BCUT2D eigenvalue weighted by Gasteiger charge is -2.10. The van der Waals surface area contributed by atoms with E-state index in [1.807, 2.05) is 0 Å². The van der Waals surface area contributed by atoms with E-state index in [0.717, 1.165) is 6.20 Å². The summed E-state index contributed by atoms with van der Waals surface area (Å²) in [5.74, 6) is -1.25. The van der Waals surface area contributed by atoms with Gasteiger partial charge in [0.25, 0.3) is 0 Å². The van der Waals surface area contributed by atoms with E-state index in [0.29, 0.717) is 10.3 Å². The van der Waals surface area contributed by atoms with E-state index in [-0.39, 0.29) is 23.9 Å². The molecular formula is C12H11F2N3O3. The Kier molecular flexibility index (Phi) is 3.92. The predicted octanol–water partition coefficient (Wildman–Crippen LogP) is 2.26. The summed E-state index contributed by atoms with van der Waals surface area (Å²) >= 11 is 0. The summed E-state index contributed by atoms with van der Waals surface area (Å²) < 4.78 is 31.1. The van der Waals surface area contributed by atoms with Gasteiger partial charge in [0.1, 0.15) is 6.61 Å². The lowest BCUT2D eigenvalue weighted by atomic mass is 10.3. The maximum atomic E-state index is 12.6. The number of carbonyl (C=O) groups is 1. The van der Waals surface area contributed by atoms with Gasteiger partial charge in [-0.25, -0.2) is 14.8 Å². The van der Waals surface area contributed by atoms with E-state index in [2.05, 4.69) is 9.97 Å². The van der Waals surface area contributed by atoms with Gasteiger partial charge in [0.2, 0.25) is 0 Å². The first-order valence-electron chi connectivity index (χ1n) is 5.62. The summed E-state index contributed by atoms with van der Waals surface area (Å²) in [5.41, 5.74) is 0.254. The van der Waals surface area contributed by atoms with Gasteiger partial charge < -0.3 is 9.84 Å². The molecule has 0 aliphatic heterocycles. The van der Waals surface area contributed by atoms with Crippen molar-refractivity contribution < 1.29 is 23.4 Å². The van der Waals surface area contributed by atoms with Crippen molar-refractivity contribution in [1.82, 2.24) is 14.5 Å². The van der Waals surface area contributed by atoms with Crippen LogP contribution in [0.1, 0.15) is 28.6 Å². The Morgan fingerprint density at radius 3 is 2.90 bits per heavy atom. The number of hydrogen-bond acceptors (Lipinski definition) is 4. The van der Waals surface area contributed by atoms with Crippen LogP contribution in [0.5, 0.6) is 5.75 Å². The highest BCUT2D eigenvalue weighted by Gasteiger charge is 2.16. The average molecular weight is 283 g/mol. The zero-order chi connectivity index (χ0) is 14.7. The lowest BCUT2D eigenvalue weighted by molar-refractivity contribution is 0.0621. The Morgan fingerprint density at radius 2 is 2.25 bits per heavy atom. The molecule has 0 radical (unpaired) electrons. The van der Waals surface area contributed by atoms with Crippen LogP contribution in [0.15, 0.2) is 24.5 Å². The highest BCUT2D eigenvalue weighted by molar-refractivity contribution is 5.88. The Balaban J connectivity index is 2.19. The summed E-state index contributed by atoms with van der Waals surface area (Å²) in [7, 11) is 0. The number of carboxylic acid groups (broad SMARTS) is 1. The maximum Gasteiger partial charge on any atom is 0.358 e. The molecule has 0 saturated heterocycles. The number of ether oxygens (including phenoxy) is 1. The SMILES string of the molecule is Cc1ccc(OCc2nccn2C(F)F)c(C(=O)O)n1. The average Bonchev–Trinajstić information content (AvgIpc) is 2.85. The molecule has 0 amide bonds. The number of halogens is 2. The van der Waals surface area contributed by atoms with Gasteiger partial charge in [-0.3, -0.25) is 4.57 Å². The third-order valence-electron chi connectivity index (χ3n) is 2.52. The molecule has 0 aliphatic rings. The molecule has 2 aromatic rings. The molecule has 0 unspecified atom stereocenters. The van der Waals surface area contributed by atoms with Crippen molar-refractivity contribution in [3.05, 3.63) is 41.7 Å². The van der Waals surface area contributed by atoms with Gasteiger partial charge in [-0.15, -0.1) is 0 Å². The quantitative estimate of drug-likeness (QED) is 0.910. The fraction of sp³-hybridized carbons (Fsp3) is 0.250. The number of alkyl halides is 2. The van der Waals surface area contributed by atoms with Crippen molar-refractivity contribution in [1.29, 1.82) is 0 Å². The second-order valence-electron chi connectivity index (χ2n) is 3.92. The van der Waals surface area contributed by atoms with Gasteiger partial charge in [-0.2, -0.15) is 8.78 Å². The number of hydrogen-bond donors (Lipinski definition) is 1. The molecular weight excluding hydrogens is 272 g/mol. The smallest absolute Gasteiger partial charge is 0.358 e. The van der Waals surface area contributed by atoms with Crippen LogP contribution in [0.2, 0.25) is 0 Å². The van der Waals surface area contributed by atoms with Crippen LogP contribution >= 0.6 is 0 Å². The Labute approximate surface area is 112 Å². The van der Waals surface area contributed by atoms with Crippen LogP contribution < -0.4 is 4.74 Å². The Morgan fingerprint density at radius 1 is 1.50 bits per heavy atom. The van der Waals surface area contributed by atoms with Crippen molar-refractivity contribution in [2.24, 2.45) is 0 Å². The monoisotopic (exact) mass is 283 g/mol. The fourth-order valence-corrected chi connectivity index (χ4v) is 1.59. The van der Waals surface area contributed by atoms with Crippen molar-refractivity contribution in [2.45, 2.75) is 20.1 Å². The number of imidazole rings is 1. The normalized spacial score (nSPS) is 10.8. The largest absolute Gasteiger partial charge is 0.483 e. The standard InChI is InChI=1S/C12H11F2N3O3/c1-7-2-3-8(10(16-7)11(18)19)20-6-9-15-4-5-17(9)12(13)14/h2-5,12H,6H2,1H3,(H,18,19). The molecule has 0 atom stereocenters. The molecule has 2 rings (SSSR count). The minimum Gasteiger partial charge on any atom is -0.483 e. The topological polar surface area (TPSA) is 77.2 Å². The Hall–Kier alpha value is -2.51. The molecule has 0 saturated carbocycles. The summed E-state index contributed by atoms with van der Waals surface area (Å²) in [6, 6.07) is 3.00.